The fourth-order valence-electron chi connectivity index (χ4n) is 2.28. The highest BCUT2D eigenvalue weighted by Gasteiger charge is 2.38. The first-order chi connectivity index (χ1) is 10.2. The van der Waals surface area contributed by atoms with E-state index >= 15 is 0 Å². The summed E-state index contributed by atoms with van der Waals surface area (Å²) in [5, 5.41) is 8.96. The number of rotatable bonds is 5. The molecule has 10 heteroatoms. The molecule has 0 bridgehead atoms. The molecule has 0 radical (unpaired) electrons. The number of hydrogen-bond acceptors (Lipinski definition) is 5. The van der Waals surface area contributed by atoms with E-state index in [4.69, 9.17) is 5.11 Å². The van der Waals surface area contributed by atoms with E-state index in [1.807, 2.05) is 0 Å². The summed E-state index contributed by atoms with van der Waals surface area (Å²) in [6, 6.07) is 5.25. The van der Waals surface area contributed by atoms with E-state index < -0.39 is 31.9 Å². The molecule has 8 nitrogen and oxygen atoms in total. The highest BCUT2D eigenvalue weighted by Crippen LogP contribution is 2.28. The summed E-state index contributed by atoms with van der Waals surface area (Å²) in [5.41, 5.74) is 0. The lowest BCUT2D eigenvalue weighted by Gasteiger charge is -2.18. The lowest BCUT2D eigenvalue weighted by atomic mass is 10.1. The number of carbonyl (C=O) groups is 1. The molecule has 122 valence electrons. The van der Waals surface area contributed by atoms with Crippen molar-refractivity contribution in [1.29, 1.82) is 0 Å². The number of nitrogens with zero attached hydrogens (tertiary/aromatic N) is 1. The fourth-order valence-corrected chi connectivity index (χ4v) is 5.31. The van der Waals surface area contributed by atoms with Gasteiger partial charge in [0.1, 0.15) is 9.79 Å². The van der Waals surface area contributed by atoms with Crippen molar-refractivity contribution in [3.63, 3.8) is 0 Å². The third-order valence-corrected chi connectivity index (χ3v) is 7.05. The molecule has 1 unspecified atom stereocenters. The maximum absolute atomic E-state index is 12.6. The molecule has 1 heterocycles. The lowest BCUT2D eigenvalue weighted by molar-refractivity contribution is -0.141. The predicted molar refractivity (Wildman–Crippen MR) is 77.2 cm³/mol. The average molecular weight is 348 g/mol. The molecule has 1 aromatic rings. The van der Waals surface area contributed by atoms with Gasteiger partial charge in [0.15, 0.2) is 0 Å². The molecule has 1 aliphatic heterocycles. The van der Waals surface area contributed by atoms with Crippen LogP contribution in [0, 0.1) is 5.92 Å². The lowest BCUT2D eigenvalue weighted by Crippen LogP contribution is -2.32. The third-order valence-electron chi connectivity index (χ3n) is 3.53. The Morgan fingerprint density at radius 2 is 1.82 bits per heavy atom. The summed E-state index contributed by atoms with van der Waals surface area (Å²) in [6.07, 6.45) is 0.204. The van der Waals surface area contributed by atoms with Crippen molar-refractivity contribution in [2.75, 3.05) is 20.1 Å². The second-order valence-electron chi connectivity index (χ2n) is 4.84. The molecule has 1 atom stereocenters. The normalized spacial score (nSPS) is 20.1. The van der Waals surface area contributed by atoms with Crippen LogP contribution in [0.5, 0.6) is 0 Å². The Hall–Kier alpha value is -1.49. The van der Waals surface area contributed by atoms with Gasteiger partial charge in [0.05, 0.1) is 5.92 Å². The van der Waals surface area contributed by atoms with Gasteiger partial charge in [-0.1, -0.05) is 12.1 Å². The molecule has 1 aromatic carbocycles. The SMILES string of the molecule is CNS(=O)(=O)c1ccccc1S(=O)(=O)N1CCC(C(=O)O)C1. The van der Waals surface area contributed by atoms with Crippen LogP contribution in [0.15, 0.2) is 34.1 Å². The van der Waals surface area contributed by atoms with E-state index in [0.29, 0.717) is 0 Å². The Morgan fingerprint density at radius 1 is 1.23 bits per heavy atom. The monoisotopic (exact) mass is 348 g/mol. The highest BCUT2D eigenvalue weighted by atomic mass is 32.2. The average Bonchev–Trinajstić information content (AvgIpc) is 2.98. The minimum atomic E-state index is -4.08. The van der Waals surface area contributed by atoms with Crippen molar-refractivity contribution in [3.8, 4) is 0 Å². The van der Waals surface area contributed by atoms with Crippen molar-refractivity contribution in [2.45, 2.75) is 16.2 Å². The largest absolute Gasteiger partial charge is 0.481 e. The molecule has 2 N–H and O–H groups in total. The van der Waals surface area contributed by atoms with Crippen LogP contribution in [-0.4, -0.2) is 52.4 Å². The van der Waals surface area contributed by atoms with E-state index in [2.05, 4.69) is 4.72 Å². The van der Waals surface area contributed by atoms with Gasteiger partial charge in [-0.2, -0.15) is 4.31 Å². The molecule has 0 spiro atoms. The van der Waals surface area contributed by atoms with Crippen LogP contribution in [-0.2, 0) is 24.8 Å². The zero-order valence-corrected chi connectivity index (χ0v) is 13.4. The van der Waals surface area contributed by atoms with Crippen molar-refractivity contribution in [1.82, 2.24) is 9.03 Å². The van der Waals surface area contributed by atoms with Crippen LogP contribution in [0.4, 0.5) is 0 Å². The molecule has 0 aromatic heterocycles. The molecule has 1 fully saturated rings. The molecule has 22 heavy (non-hydrogen) atoms. The minimum absolute atomic E-state index is 0.0488. The van der Waals surface area contributed by atoms with Gasteiger partial charge >= 0.3 is 5.97 Å². The number of benzene rings is 1. The summed E-state index contributed by atoms with van der Waals surface area (Å²) in [7, 11) is -6.83. The van der Waals surface area contributed by atoms with E-state index in [0.717, 1.165) is 4.31 Å². The molecule has 0 aliphatic carbocycles. The Bertz CT molecular complexity index is 788. The maximum Gasteiger partial charge on any atom is 0.307 e. The Balaban J connectivity index is 2.46. The first-order valence-electron chi connectivity index (χ1n) is 6.45. The molecule has 0 amide bonds. The number of sulfonamides is 2. The van der Waals surface area contributed by atoms with Gasteiger partial charge in [-0.05, 0) is 25.6 Å². The Kier molecular flexibility index (Phi) is 4.57. The second kappa shape index (κ2) is 5.95. The van der Waals surface area contributed by atoms with Crippen LogP contribution < -0.4 is 4.72 Å². The van der Waals surface area contributed by atoms with Gasteiger partial charge in [0.25, 0.3) is 0 Å². The van der Waals surface area contributed by atoms with E-state index in [1.165, 1.54) is 31.3 Å². The van der Waals surface area contributed by atoms with Gasteiger partial charge in [-0.15, -0.1) is 0 Å². The molecule has 0 saturated carbocycles. The molecular formula is C12H16N2O6S2. The summed E-state index contributed by atoms with van der Waals surface area (Å²) < 4.78 is 52.3. The maximum atomic E-state index is 12.6. The van der Waals surface area contributed by atoms with Crippen molar-refractivity contribution in [2.24, 2.45) is 5.92 Å². The Morgan fingerprint density at radius 3 is 2.32 bits per heavy atom. The zero-order chi connectivity index (χ0) is 16.5. The predicted octanol–water partition coefficient (Wildman–Crippen LogP) is -0.310. The van der Waals surface area contributed by atoms with Gasteiger partial charge in [-0.25, -0.2) is 21.6 Å². The first-order valence-corrected chi connectivity index (χ1v) is 9.38. The number of nitrogens with one attached hydrogen (secondary N) is 1. The van der Waals surface area contributed by atoms with Gasteiger partial charge in [-0.3, -0.25) is 4.79 Å². The number of carboxylic acids is 1. The first kappa shape index (κ1) is 16.9. The summed E-state index contributed by atoms with van der Waals surface area (Å²) in [5.74, 6) is -1.84. The number of aliphatic carboxylic acids is 1. The smallest absolute Gasteiger partial charge is 0.307 e. The standard InChI is InChI=1S/C12H16N2O6S2/c1-13-21(17,18)10-4-2-3-5-11(10)22(19,20)14-7-6-9(8-14)12(15)16/h2-5,9,13H,6-8H2,1H3,(H,15,16). The van der Waals surface area contributed by atoms with Crippen LogP contribution in [0.1, 0.15) is 6.42 Å². The summed E-state index contributed by atoms with van der Waals surface area (Å²) in [6.45, 7) is -0.112. The van der Waals surface area contributed by atoms with E-state index in [9.17, 15) is 21.6 Å². The highest BCUT2D eigenvalue weighted by molar-refractivity contribution is 7.92. The van der Waals surface area contributed by atoms with Gasteiger partial charge < -0.3 is 5.11 Å². The molecular weight excluding hydrogens is 332 g/mol. The van der Waals surface area contributed by atoms with Crippen LogP contribution in [0.25, 0.3) is 0 Å². The summed E-state index contributed by atoms with van der Waals surface area (Å²) in [4.78, 5) is 10.3. The summed E-state index contributed by atoms with van der Waals surface area (Å²) >= 11 is 0. The fraction of sp³-hybridized carbons (Fsp3) is 0.417. The minimum Gasteiger partial charge on any atom is -0.481 e. The van der Waals surface area contributed by atoms with Gasteiger partial charge in [0.2, 0.25) is 20.0 Å². The van der Waals surface area contributed by atoms with Crippen molar-refractivity contribution < 1.29 is 26.7 Å². The van der Waals surface area contributed by atoms with E-state index in [-0.39, 0.29) is 29.3 Å². The molecule has 2 rings (SSSR count). The number of hydrogen-bond donors (Lipinski definition) is 2. The van der Waals surface area contributed by atoms with Crippen LogP contribution >= 0.6 is 0 Å². The van der Waals surface area contributed by atoms with Crippen molar-refractivity contribution >= 4 is 26.0 Å². The third kappa shape index (κ3) is 3.00. The second-order valence-corrected chi connectivity index (χ2v) is 8.60. The Labute approximate surface area is 128 Å². The zero-order valence-electron chi connectivity index (χ0n) is 11.8. The topological polar surface area (TPSA) is 121 Å². The quantitative estimate of drug-likeness (QED) is 0.753. The molecule has 1 saturated heterocycles. The molecule has 1 aliphatic rings. The van der Waals surface area contributed by atoms with E-state index in [1.54, 1.807) is 0 Å². The van der Waals surface area contributed by atoms with Crippen LogP contribution in [0.3, 0.4) is 0 Å². The number of carboxylic acid groups (broad SMARTS) is 1. The van der Waals surface area contributed by atoms with Crippen molar-refractivity contribution in [3.05, 3.63) is 24.3 Å². The van der Waals surface area contributed by atoms with Gasteiger partial charge in [0, 0.05) is 13.1 Å². The van der Waals surface area contributed by atoms with Crippen LogP contribution in [0.2, 0.25) is 0 Å².